The van der Waals surface area contributed by atoms with Crippen molar-refractivity contribution in [2.24, 2.45) is 4.99 Å². The number of halogens is 5. The molecule has 178 valence electrons. The van der Waals surface area contributed by atoms with Crippen molar-refractivity contribution in [3.63, 3.8) is 0 Å². The van der Waals surface area contributed by atoms with Gasteiger partial charge in [-0.2, -0.15) is 13.2 Å². The van der Waals surface area contributed by atoms with Crippen LogP contribution >= 0.6 is 27.0 Å². The summed E-state index contributed by atoms with van der Waals surface area (Å²) >= 11 is -0.106. The summed E-state index contributed by atoms with van der Waals surface area (Å²) in [5, 5.41) is 3.50. The summed E-state index contributed by atoms with van der Waals surface area (Å²) in [4.78, 5) is 4.37. The maximum absolute atomic E-state index is 13.0. The van der Waals surface area contributed by atoms with Crippen LogP contribution in [0.1, 0.15) is 11.1 Å². The molecule has 4 aromatic rings. The molecule has 34 heavy (non-hydrogen) atoms. The first-order valence-corrected chi connectivity index (χ1v) is 15.3. The third kappa shape index (κ3) is 7.51. The molecule has 0 spiro atoms. The Morgan fingerprint density at radius 1 is 0.706 bits per heavy atom. The van der Waals surface area contributed by atoms with E-state index in [-0.39, 0.29) is 21.6 Å². The molecule has 0 heterocycles. The number of aliphatic imine (C=N–C) groups is 1. The van der Waals surface area contributed by atoms with E-state index in [4.69, 9.17) is 19.1 Å². The van der Waals surface area contributed by atoms with Gasteiger partial charge in [-0.15, -0.1) is 0 Å². The fourth-order valence-corrected chi connectivity index (χ4v) is 5.71. The van der Waals surface area contributed by atoms with Crippen LogP contribution in [0.2, 0.25) is 0 Å². The second-order valence-electron chi connectivity index (χ2n) is 6.92. The number of alkyl halides is 3. The van der Waals surface area contributed by atoms with Crippen molar-refractivity contribution in [2.75, 3.05) is 0 Å². The Labute approximate surface area is 214 Å². The van der Waals surface area contributed by atoms with Crippen molar-refractivity contribution < 1.29 is 29.1 Å². The summed E-state index contributed by atoms with van der Waals surface area (Å²) in [5.74, 6) is 0. The molecule has 0 atom stereocenters. The predicted octanol–water partition coefficient (Wildman–Crippen LogP) is 7.59. The minimum atomic E-state index is -4.39. The molecule has 0 amide bonds. The van der Waals surface area contributed by atoms with Gasteiger partial charge in [-0.1, -0.05) is 91.0 Å². The second kappa shape index (κ2) is 13.2. The number of benzene rings is 4. The average Bonchev–Trinajstić information content (AvgIpc) is 2.85. The van der Waals surface area contributed by atoms with Gasteiger partial charge in [-0.3, -0.25) is 4.99 Å². The molecule has 0 aliphatic heterocycles. The molecule has 0 saturated heterocycles. The fourth-order valence-electron chi connectivity index (χ4n) is 3.29. The van der Waals surface area contributed by atoms with Crippen molar-refractivity contribution in [1.29, 1.82) is 0 Å². The topological polar surface area (TPSA) is 12.4 Å². The van der Waals surface area contributed by atoms with Gasteiger partial charge in [0, 0.05) is 11.8 Å². The van der Waals surface area contributed by atoms with Crippen LogP contribution in [0, 0.1) is 0 Å². The van der Waals surface area contributed by atoms with Gasteiger partial charge in [0.2, 0.25) is 0 Å². The monoisotopic (exact) mass is 609 g/mol. The molecule has 0 N–H and O–H groups in total. The Morgan fingerprint density at radius 3 is 1.79 bits per heavy atom. The molecular weight excluding hydrogens is 592 g/mol. The Bertz CT molecular complexity index is 1170. The molecule has 4 rings (SSSR count). The van der Waals surface area contributed by atoms with E-state index < -0.39 is 19.7 Å². The first kappa shape index (κ1) is 26.6. The van der Waals surface area contributed by atoms with Crippen LogP contribution in [-0.2, 0) is 22.1 Å². The number of hydrogen-bond donors (Lipinski definition) is 0. The standard InChI is InChI=1S/C26H19F3NP.2ClH.Pd/c27-26(28,29)21-11-9-12-22(18-21)30-19-20-10-7-8-17-25(20)31(23-13-3-1-4-14-23)24-15-5-2-6-16-24;;;/h1-19H;2*1H;/q;;;+2/p-2. The number of rotatable bonds is 5. The van der Waals surface area contributed by atoms with E-state index in [1.807, 2.05) is 54.6 Å². The van der Waals surface area contributed by atoms with E-state index >= 15 is 0 Å². The van der Waals surface area contributed by atoms with Gasteiger partial charge < -0.3 is 0 Å². The van der Waals surface area contributed by atoms with Crippen LogP contribution in [0.15, 0.2) is 114 Å². The molecule has 0 aromatic heterocycles. The summed E-state index contributed by atoms with van der Waals surface area (Å²) in [7, 11) is 8.78. The molecule has 0 bridgehead atoms. The van der Waals surface area contributed by atoms with Gasteiger partial charge in [0.15, 0.2) is 0 Å². The zero-order chi connectivity index (χ0) is 24.4. The normalized spacial score (nSPS) is 11.5. The summed E-state index contributed by atoms with van der Waals surface area (Å²) in [6, 6.07) is 33.5. The van der Waals surface area contributed by atoms with E-state index in [1.165, 1.54) is 16.7 Å². The van der Waals surface area contributed by atoms with Gasteiger partial charge in [0.1, 0.15) is 0 Å². The Kier molecular flexibility index (Phi) is 10.3. The average molecular weight is 611 g/mol. The van der Waals surface area contributed by atoms with Gasteiger partial charge in [-0.05, 0) is 42.0 Å². The Morgan fingerprint density at radius 2 is 1.24 bits per heavy atom. The van der Waals surface area contributed by atoms with E-state index in [9.17, 15) is 13.2 Å². The van der Waals surface area contributed by atoms with Crippen LogP contribution < -0.4 is 15.9 Å². The van der Waals surface area contributed by atoms with Gasteiger partial charge in [-0.25, -0.2) is 0 Å². The fraction of sp³-hybridized carbons (Fsp3) is 0.0385. The quantitative estimate of drug-likeness (QED) is 0.125. The summed E-state index contributed by atoms with van der Waals surface area (Å²) in [5.41, 5.74) is 0.457. The first-order valence-electron chi connectivity index (χ1n) is 9.97. The van der Waals surface area contributed by atoms with Crippen LogP contribution in [0.5, 0.6) is 0 Å². The molecule has 0 unspecified atom stereocenters. The maximum atomic E-state index is 13.0. The van der Waals surface area contributed by atoms with Crippen molar-refractivity contribution in [2.45, 2.75) is 6.18 Å². The van der Waals surface area contributed by atoms with Crippen molar-refractivity contribution in [3.05, 3.63) is 120 Å². The zero-order valence-electron chi connectivity index (χ0n) is 17.6. The van der Waals surface area contributed by atoms with Crippen LogP contribution in [-0.4, -0.2) is 6.21 Å². The van der Waals surface area contributed by atoms with E-state index in [0.717, 1.165) is 23.0 Å². The van der Waals surface area contributed by atoms with E-state index in [1.54, 1.807) is 12.3 Å². The molecule has 0 radical (unpaired) electrons. The minimum absolute atomic E-state index is 0.106. The predicted molar refractivity (Wildman–Crippen MR) is 136 cm³/mol. The van der Waals surface area contributed by atoms with E-state index in [0.29, 0.717) is 0 Å². The van der Waals surface area contributed by atoms with Crippen molar-refractivity contribution >= 4 is 54.8 Å². The summed E-state index contributed by atoms with van der Waals surface area (Å²) < 4.78 is 39.1. The van der Waals surface area contributed by atoms with Gasteiger partial charge in [0.25, 0.3) is 0 Å². The van der Waals surface area contributed by atoms with E-state index in [2.05, 4.69) is 35.3 Å². The van der Waals surface area contributed by atoms with Gasteiger partial charge >= 0.3 is 41.2 Å². The second-order valence-corrected chi connectivity index (χ2v) is 11.5. The van der Waals surface area contributed by atoms with Crippen LogP contribution in [0.25, 0.3) is 0 Å². The Balaban J connectivity index is 0.00000103. The van der Waals surface area contributed by atoms with Crippen molar-refractivity contribution in [1.82, 2.24) is 0 Å². The SMILES string of the molecule is FC(F)(F)c1cccc(N=Cc2ccccc2P(c2ccccc2)c2ccccc2)c1.[Cl][Pd][Cl]. The third-order valence-corrected chi connectivity index (χ3v) is 7.25. The molecule has 0 saturated carbocycles. The summed E-state index contributed by atoms with van der Waals surface area (Å²) in [6.45, 7) is 0. The van der Waals surface area contributed by atoms with Gasteiger partial charge in [0.05, 0.1) is 11.3 Å². The molecule has 0 aliphatic rings. The van der Waals surface area contributed by atoms with Crippen LogP contribution in [0.4, 0.5) is 18.9 Å². The Hall–Kier alpha value is -1.99. The molecule has 4 aromatic carbocycles. The molecular formula is C26H19Cl2F3NPPd. The molecule has 8 heteroatoms. The first-order chi connectivity index (χ1) is 16.4. The molecule has 0 fully saturated rings. The molecule has 1 nitrogen and oxygen atoms in total. The number of hydrogen-bond acceptors (Lipinski definition) is 1. The van der Waals surface area contributed by atoms with Crippen molar-refractivity contribution in [3.8, 4) is 0 Å². The number of nitrogens with zero attached hydrogens (tertiary/aromatic N) is 1. The van der Waals surface area contributed by atoms with Crippen LogP contribution in [0.3, 0.4) is 0 Å². The summed E-state index contributed by atoms with van der Waals surface area (Å²) in [6.07, 6.45) is -2.73. The molecule has 0 aliphatic carbocycles. The third-order valence-electron chi connectivity index (χ3n) is 4.73. The zero-order valence-corrected chi connectivity index (χ0v) is 21.5.